The van der Waals surface area contributed by atoms with Gasteiger partial charge >= 0.3 is 23.3 Å². The minimum absolute atomic E-state index is 0.0865. The molecule has 0 fully saturated rings. The van der Waals surface area contributed by atoms with Crippen molar-refractivity contribution < 1.29 is 23.5 Å². The van der Waals surface area contributed by atoms with Gasteiger partial charge in [0.1, 0.15) is 12.4 Å². The molecule has 1 aromatic heterocycles. The summed E-state index contributed by atoms with van der Waals surface area (Å²) < 4.78 is 26.7. The van der Waals surface area contributed by atoms with Gasteiger partial charge in [-0.15, -0.1) is 0 Å². The van der Waals surface area contributed by atoms with E-state index in [1.807, 2.05) is 0 Å². The van der Waals surface area contributed by atoms with Gasteiger partial charge in [0.25, 0.3) is 0 Å². The van der Waals surface area contributed by atoms with Crippen molar-refractivity contribution >= 4 is 47.4 Å². The highest BCUT2D eigenvalue weighted by molar-refractivity contribution is 7.71. The second-order valence-electron chi connectivity index (χ2n) is 6.12. The van der Waals surface area contributed by atoms with Crippen LogP contribution in [0.4, 0.5) is 4.39 Å². The van der Waals surface area contributed by atoms with Crippen LogP contribution in [0.5, 0.6) is 0 Å². The molecule has 0 N–H and O–H groups in total. The molecule has 2 rings (SSSR count). The Hall–Kier alpha value is -2.76. The zero-order chi connectivity index (χ0) is 23.5. The largest absolute Gasteiger partial charge is 0.459 e. The predicted molar refractivity (Wildman–Crippen MR) is 113 cm³/mol. The van der Waals surface area contributed by atoms with E-state index < -0.39 is 40.9 Å². The van der Waals surface area contributed by atoms with E-state index in [9.17, 15) is 23.6 Å². The molecule has 0 aliphatic carbocycles. The molecule has 0 aliphatic rings. The van der Waals surface area contributed by atoms with Gasteiger partial charge in [0.05, 0.1) is 16.3 Å². The highest BCUT2D eigenvalue weighted by atomic mass is 35.5. The van der Waals surface area contributed by atoms with Gasteiger partial charge < -0.3 is 9.47 Å². The van der Waals surface area contributed by atoms with Crippen LogP contribution in [0.3, 0.4) is 0 Å². The molecule has 0 amide bonds. The van der Waals surface area contributed by atoms with Crippen LogP contribution < -0.4 is 11.4 Å². The lowest BCUT2D eigenvalue weighted by Gasteiger charge is -2.15. The first-order valence-corrected chi connectivity index (χ1v) is 9.74. The summed E-state index contributed by atoms with van der Waals surface area (Å²) >= 11 is 16.2. The second-order valence-corrected chi connectivity index (χ2v) is 7.15. The highest BCUT2D eigenvalue weighted by Crippen LogP contribution is 2.23. The molecule has 2 aromatic rings. The van der Waals surface area contributed by atoms with Gasteiger partial charge in [-0.1, -0.05) is 23.2 Å². The number of carbonyl (C=O) groups excluding carboxylic acids is 2. The number of hydrogen-bond donors (Lipinski definition) is 0. The number of hydrogen-bond acceptors (Lipinski definition) is 7. The van der Waals surface area contributed by atoms with Crippen LogP contribution in [0.1, 0.15) is 17.3 Å². The Bertz CT molecular complexity index is 1210. The van der Waals surface area contributed by atoms with E-state index in [4.69, 9.17) is 44.9 Å². The molecule has 0 radical (unpaired) electrons. The Kier molecular flexibility index (Phi) is 7.93. The van der Waals surface area contributed by atoms with Crippen LogP contribution in [-0.2, 0) is 28.4 Å². The number of benzene rings is 1. The van der Waals surface area contributed by atoms with Crippen LogP contribution in [0.15, 0.2) is 33.3 Å². The van der Waals surface area contributed by atoms with Crippen LogP contribution in [-0.4, -0.2) is 38.4 Å². The normalized spacial score (nSPS) is 12.1. The summed E-state index contributed by atoms with van der Waals surface area (Å²) in [5.74, 6) is -3.00. The smallest absolute Gasteiger partial charge is 0.347 e. The fourth-order valence-corrected chi connectivity index (χ4v) is 2.85. The van der Waals surface area contributed by atoms with E-state index in [1.165, 1.54) is 27.1 Å². The molecule has 31 heavy (non-hydrogen) atoms. The van der Waals surface area contributed by atoms with Crippen molar-refractivity contribution in [1.29, 1.82) is 0 Å². The SMILES string of the molecule is CC(OC(=O)c1cc(-n2c(=O)n(C)c(=S)n(C)c2=O)c(F)cc1Cl)C(=O)OC/C=C/Cl. The Morgan fingerprint density at radius 3 is 2.35 bits per heavy atom. The van der Waals surface area contributed by atoms with E-state index in [-0.39, 0.29) is 22.0 Å². The maximum atomic E-state index is 14.6. The first-order valence-electron chi connectivity index (χ1n) is 8.52. The van der Waals surface area contributed by atoms with Crippen LogP contribution in [0.2, 0.25) is 5.02 Å². The zero-order valence-corrected chi connectivity index (χ0v) is 18.8. The molecule has 9 nitrogen and oxygen atoms in total. The number of carbonyl (C=O) groups is 2. The highest BCUT2D eigenvalue weighted by Gasteiger charge is 2.24. The van der Waals surface area contributed by atoms with Crippen molar-refractivity contribution in [2.45, 2.75) is 13.0 Å². The lowest BCUT2D eigenvalue weighted by atomic mass is 10.2. The maximum Gasteiger partial charge on any atom is 0.347 e. The third-order valence-electron chi connectivity index (χ3n) is 4.05. The van der Waals surface area contributed by atoms with Gasteiger partial charge in [0.2, 0.25) is 0 Å². The maximum absolute atomic E-state index is 14.6. The van der Waals surface area contributed by atoms with E-state index >= 15 is 0 Å². The van der Waals surface area contributed by atoms with E-state index in [0.29, 0.717) is 4.57 Å². The summed E-state index contributed by atoms with van der Waals surface area (Å²) in [6.07, 6.45) is 0.0254. The van der Waals surface area contributed by atoms with Gasteiger partial charge in [0.15, 0.2) is 10.9 Å². The number of ether oxygens (including phenoxy) is 2. The summed E-state index contributed by atoms with van der Waals surface area (Å²) in [7, 11) is 2.60. The Morgan fingerprint density at radius 1 is 1.23 bits per heavy atom. The molecule has 1 heterocycles. The summed E-state index contributed by atoms with van der Waals surface area (Å²) in [5, 5.41) is -0.356. The molecular weight excluding hydrogens is 476 g/mol. The Balaban J connectivity index is 2.49. The van der Waals surface area contributed by atoms with Gasteiger partial charge in [-0.05, 0) is 37.4 Å². The van der Waals surface area contributed by atoms with E-state index in [1.54, 1.807) is 0 Å². The molecule has 166 valence electrons. The molecule has 0 saturated heterocycles. The zero-order valence-electron chi connectivity index (χ0n) is 16.4. The molecule has 1 unspecified atom stereocenters. The van der Waals surface area contributed by atoms with Gasteiger partial charge in [-0.2, -0.15) is 0 Å². The van der Waals surface area contributed by atoms with Gasteiger partial charge in [-0.3, -0.25) is 9.13 Å². The third kappa shape index (κ3) is 5.12. The van der Waals surface area contributed by atoms with Crippen molar-refractivity contribution in [2.75, 3.05) is 6.61 Å². The van der Waals surface area contributed by atoms with Crippen molar-refractivity contribution in [3.63, 3.8) is 0 Å². The summed E-state index contributed by atoms with van der Waals surface area (Å²) in [4.78, 5) is 49.4. The minimum Gasteiger partial charge on any atom is -0.459 e. The third-order valence-corrected chi connectivity index (χ3v) is 5.09. The summed E-state index contributed by atoms with van der Waals surface area (Å²) in [6.45, 7) is 1.12. The average molecular weight is 492 g/mol. The number of halogens is 3. The fraction of sp³-hybridized carbons (Fsp3) is 0.278. The Morgan fingerprint density at radius 2 is 1.81 bits per heavy atom. The topological polar surface area (TPSA) is 102 Å². The molecule has 1 atom stereocenters. The van der Waals surface area contributed by atoms with Crippen molar-refractivity contribution in [3.8, 4) is 5.69 Å². The molecule has 0 aliphatic heterocycles. The quantitative estimate of drug-likeness (QED) is 0.450. The number of esters is 2. The van der Waals surface area contributed by atoms with Gasteiger partial charge in [-0.25, -0.2) is 28.1 Å². The number of nitrogens with zero attached hydrogens (tertiary/aromatic N) is 3. The monoisotopic (exact) mass is 491 g/mol. The number of rotatable bonds is 6. The lowest BCUT2D eigenvalue weighted by Crippen LogP contribution is -2.44. The van der Waals surface area contributed by atoms with Gasteiger partial charge in [0, 0.05) is 19.6 Å². The van der Waals surface area contributed by atoms with E-state index in [0.717, 1.165) is 26.8 Å². The molecular formula is C18H16Cl2FN3O6S. The van der Waals surface area contributed by atoms with Crippen LogP contribution in [0.25, 0.3) is 5.69 Å². The predicted octanol–water partition coefficient (Wildman–Crippen LogP) is 2.24. The molecule has 13 heteroatoms. The van der Waals surface area contributed by atoms with Crippen LogP contribution in [0, 0.1) is 10.6 Å². The number of aromatic nitrogens is 3. The Labute approximate surface area is 189 Å². The molecule has 1 aromatic carbocycles. The van der Waals surface area contributed by atoms with E-state index in [2.05, 4.69) is 0 Å². The first kappa shape index (κ1) is 24.5. The first-order chi connectivity index (χ1) is 14.5. The molecule has 0 saturated carbocycles. The fourth-order valence-electron chi connectivity index (χ4n) is 2.40. The van der Waals surface area contributed by atoms with Crippen molar-refractivity contribution in [1.82, 2.24) is 13.7 Å². The summed E-state index contributed by atoms with van der Waals surface area (Å²) in [6, 6.07) is 1.62. The average Bonchev–Trinajstić information content (AvgIpc) is 2.72. The minimum atomic E-state index is -1.33. The molecule has 0 bridgehead atoms. The van der Waals surface area contributed by atoms with Crippen molar-refractivity contribution in [3.05, 3.63) is 65.9 Å². The van der Waals surface area contributed by atoms with Crippen LogP contribution >= 0.6 is 35.4 Å². The lowest BCUT2D eigenvalue weighted by molar-refractivity contribution is -0.151. The summed E-state index contributed by atoms with van der Waals surface area (Å²) in [5.41, 5.74) is -1.64. The molecule has 0 spiro atoms. The second kappa shape index (κ2) is 10.0. The standard InChI is InChI=1S/C18H16Cl2FN3O6S/c1-9(14(25)29-6-4-5-19)30-15(26)10-7-13(12(21)8-11(10)20)24-16(27)22(2)18(31)23(3)17(24)28/h4-5,7-9H,6H2,1-3H3/b5-4+. The van der Waals surface area contributed by atoms with Crippen molar-refractivity contribution in [2.24, 2.45) is 14.1 Å².